The Hall–Kier alpha value is -1.44. The first-order valence-corrected chi connectivity index (χ1v) is 8.13. The molecule has 1 aliphatic heterocycles. The van der Waals surface area contributed by atoms with Gasteiger partial charge in [-0.15, -0.1) is 0 Å². The number of morpholine rings is 1. The minimum Gasteiger partial charge on any atom is -0.378 e. The third kappa shape index (κ3) is 3.56. The van der Waals surface area contributed by atoms with Crippen LogP contribution in [0, 0.1) is 0 Å². The predicted molar refractivity (Wildman–Crippen MR) is 75.4 cm³/mol. The molecule has 2 rings (SSSR count). The van der Waals surface area contributed by atoms with Crippen LogP contribution in [0.3, 0.4) is 0 Å². The van der Waals surface area contributed by atoms with E-state index >= 15 is 0 Å². The molecule has 0 aromatic heterocycles. The molecule has 1 unspecified atom stereocenters. The molecule has 0 aliphatic carbocycles. The first kappa shape index (κ1) is 15.0. The number of carbonyl (C=O) groups excluding carboxylic acids is 1. The van der Waals surface area contributed by atoms with Crippen molar-refractivity contribution in [1.29, 1.82) is 0 Å². The second kappa shape index (κ2) is 6.34. The summed E-state index contributed by atoms with van der Waals surface area (Å²) >= 11 is 0. The van der Waals surface area contributed by atoms with Crippen molar-refractivity contribution in [3.8, 4) is 0 Å². The fraction of sp³-hybridized carbons (Fsp3) is 0.462. The highest BCUT2D eigenvalue weighted by atomic mass is 32.2. The third-order valence-electron chi connectivity index (χ3n) is 3.10. The number of ether oxygens (including phenoxy) is 1. The fourth-order valence-electron chi connectivity index (χ4n) is 1.88. The van der Waals surface area contributed by atoms with Gasteiger partial charge in [-0.3, -0.25) is 4.79 Å². The van der Waals surface area contributed by atoms with Gasteiger partial charge >= 0.3 is 0 Å². The van der Waals surface area contributed by atoms with E-state index in [1.807, 2.05) is 0 Å². The Bertz CT molecular complexity index is 563. The van der Waals surface area contributed by atoms with E-state index in [4.69, 9.17) is 4.74 Å². The molecule has 1 aromatic carbocycles. The molecule has 1 amide bonds. The number of amides is 1. The number of anilines is 1. The number of nitrogens with one attached hydrogen (secondary N) is 2. The molecule has 110 valence electrons. The number of benzene rings is 1. The minimum atomic E-state index is -3.21. The van der Waals surface area contributed by atoms with Crippen LogP contribution < -0.4 is 10.6 Å². The first-order valence-electron chi connectivity index (χ1n) is 6.48. The average molecular weight is 298 g/mol. The predicted octanol–water partition coefficient (Wildman–Crippen LogP) is 0.407. The molecule has 0 bridgehead atoms. The lowest BCUT2D eigenvalue weighted by Gasteiger charge is -2.22. The second-order valence-corrected chi connectivity index (χ2v) is 6.78. The summed E-state index contributed by atoms with van der Waals surface area (Å²) < 4.78 is 28.6. The number of hydrogen-bond acceptors (Lipinski definition) is 5. The Morgan fingerprint density at radius 3 is 2.65 bits per heavy atom. The van der Waals surface area contributed by atoms with E-state index in [2.05, 4.69) is 10.6 Å². The van der Waals surface area contributed by atoms with Gasteiger partial charge in [-0.1, -0.05) is 6.92 Å². The van der Waals surface area contributed by atoms with Gasteiger partial charge in [0, 0.05) is 12.2 Å². The van der Waals surface area contributed by atoms with Crippen LogP contribution in [-0.4, -0.2) is 45.9 Å². The summed E-state index contributed by atoms with van der Waals surface area (Å²) in [5.74, 6) is -0.127. The fourth-order valence-corrected chi connectivity index (χ4v) is 2.76. The zero-order valence-corrected chi connectivity index (χ0v) is 12.1. The highest BCUT2D eigenvalue weighted by Gasteiger charge is 2.21. The van der Waals surface area contributed by atoms with Crippen LogP contribution in [0.2, 0.25) is 0 Å². The summed E-state index contributed by atoms with van der Waals surface area (Å²) in [6.45, 7) is 3.19. The zero-order chi connectivity index (χ0) is 14.6. The molecule has 1 aromatic rings. The van der Waals surface area contributed by atoms with Gasteiger partial charge in [-0.05, 0) is 24.3 Å². The van der Waals surface area contributed by atoms with Crippen molar-refractivity contribution in [1.82, 2.24) is 5.32 Å². The maximum atomic E-state index is 11.9. The van der Waals surface area contributed by atoms with Crippen molar-refractivity contribution in [2.45, 2.75) is 17.9 Å². The van der Waals surface area contributed by atoms with E-state index in [0.717, 1.165) is 0 Å². The number of carbonyl (C=O) groups is 1. The molecule has 0 radical (unpaired) electrons. The monoisotopic (exact) mass is 298 g/mol. The van der Waals surface area contributed by atoms with Crippen molar-refractivity contribution in [3.05, 3.63) is 24.3 Å². The smallest absolute Gasteiger partial charge is 0.243 e. The minimum absolute atomic E-state index is 0.0576. The Balaban J connectivity index is 2.02. The number of rotatable bonds is 4. The molecule has 1 fully saturated rings. The van der Waals surface area contributed by atoms with Crippen molar-refractivity contribution in [2.24, 2.45) is 0 Å². The van der Waals surface area contributed by atoms with E-state index in [-0.39, 0.29) is 22.6 Å². The maximum Gasteiger partial charge on any atom is 0.243 e. The Labute approximate surface area is 118 Å². The summed E-state index contributed by atoms with van der Waals surface area (Å²) in [4.78, 5) is 12.2. The van der Waals surface area contributed by atoms with Crippen LogP contribution in [0.1, 0.15) is 6.92 Å². The summed E-state index contributed by atoms with van der Waals surface area (Å²) in [5.41, 5.74) is 0.567. The SMILES string of the molecule is CCS(=O)(=O)c1ccc(NC(=O)C2COCCN2)cc1. The number of hydrogen-bond donors (Lipinski definition) is 2. The van der Waals surface area contributed by atoms with Crippen LogP contribution in [-0.2, 0) is 19.4 Å². The van der Waals surface area contributed by atoms with Gasteiger partial charge in [-0.2, -0.15) is 0 Å². The number of sulfone groups is 1. The summed E-state index contributed by atoms with van der Waals surface area (Å²) in [6.07, 6.45) is 0. The molecule has 1 saturated heterocycles. The van der Waals surface area contributed by atoms with E-state index in [1.54, 1.807) is 19.1 Å². The molecular formula is C13H18N2O4S. The molecule has 20 heavy (non-hydrogen) atoms. The van der Waals surface area contributed by atoms with Crippen LogP contribution in [0.4, 0.5) is 5.69 Å². The highest BCUT2D eigenvalue weighted by molar-refractivity contribution is 7.91. The normalized spacial score (nSPS) is 19.6. The van der Waals surface area contributed by atoms with Gasteiger partial charge < -0.3 is 15.4 Å². The lowest BCUT2D eigenvalue weighted by atomic mass is 10.2. The summed E-state index contributed by atoms with van der Waals surface area (Å²) in [5, 5.41) is 5.78. The highest BCUT2D eigenvalue weighted by Crippen LogP contribution is 2.15. The second-order valence-electron chi connectivity index (χ2n) is 4.50. The Morgan fingerprint density at radius 2 is 2.10 bits per heavy atom. The van der Waals surface area contributed by atoms with Crippen molar-refractivity contribution in [2.75, 3.05) is 30.8 Å². The van der Waals surface area contributed by atoms with E-state index in [9.17, 15) is 13.2 Å². The molecular weight excluding hydrogens is 280 g/mol. The Morgan fingerprint density at radius 1 is 1.40 bits per heavy atom. The standard InChI is InChI=1S/C13H18N2O4S/c1-2-20(17,18)11-5-3-10(4-6-11)15-13(16)12-9-19-8-7-14-12/h3-6,12,14H,2,7-9H2,1H3,(H,15,16). The van der Waals surface area contributed by atoms with Gasteiger partial charge in [-0.25, -0.2) is 8.42 Å². The van der Waals surface area contributed by atoms with Crippen molar-refractivity contribution >= 4 is 21.4 Å². The van der Waals surface area contributed by atoms with Gasteiger partial charge in [0.05, 0.1) is 23.9 Å². The van der Waals surface area contributed by atoms with E-state index in [1.165, 1.54) is 12.1 Å². The zero-order valence-electron chi connectivity index (χ0n) is 11.3. The van der Waals surface area contributed by atoms with Gasteiger partial charge in [0.1, 0.15) is 6.04 Å². The third-order valence-corrected chi connectivity index (χ3v) is 4.85. The largest absolute Gasteiger partial charge is 0.378 e. The maximum absolute atomic E-state index is 11.9. The molecule has 1 atom stereocenters. The summed E-state index contributed by atoms with van der Waals surface area (Å²) in [6, 6.07) is 5.80. The molecule has 1 heterocycles. The average Bonchev–Trinajstić information content (AvgIpc) is 2.48. The van der Waals surface area contributed by atoms with E-state index < -0.39 is 9.84 Å². The summed E-state index contributed by atoms with van der Waals surface area (Å²) in [7, 11) is -3.21. The molecule has 6 nitrogen and oxygen atoms in total. The van der Waals surface area contributed by atoms with Crippen LogP contribution in [0.25, 0.3) is 0 Å². The van der Waals surface area contributed by atoms with Crippen molar-refractivity contribution in [3.63, 3.8) is 0 Å². The topological polar surface area (TPSA) is 84.5 Å². The van der Waals surface area contributed by atoms with Gasteiger partial charge in [0.25, 0.3) is 0 Å². The molecule has 1 aliphatic rings. The lowest BCUT2D eigenvalue weighted by molar-refractivity contribution is -0.120. The van der Waals surface area contributed by atoms with Crippen LogP contribution in [0.5, 0.6) is 0 Å². The van der Waals surface area contributed by atoms with Crippen LogP contribution in [0.15, 0.2) is 29.2 Å². The van der Waals surface area contributed by atoms with E-state index in [0.29, 0.717) is 25.4 Å². The van der Waals surface area contributed by atoms with Crippen LogP contribution >= 0.6 is 0 Å². The molecule has 0 spiro atoms. The lowest BCUT2D eigenvalue weighted by Crippen LogP contribution is -2.48. The van der Waals surface area contributed by atoms with Gasteiger partial charge in [0.15, 0.2) is 9.84 Å². The quantitative estimate of drug-likeness (QED) is 0.841. The first-order chi connectivity index (χ1) is 9.53. The molecule has 2 N–H and O–H groups in total. The molecule has 0 saturated carbocycles. The Kier molecular flexibility index (Phi) is 4.74. The van der Waals surface area contributed by atoms with Gasteiger partial charge in [0.2, 0.25) is 5.91 Å². The van der Waals surface area contributed by atoms with Crippen molar-refractivity contribution < 1.29 is 17.9 Å². The molecule has 7 heteroatoms.